The fraction of sp³-hybridized carbons (Fsp3) is 0.650. The van der Waals surface area contributed by atoms with Crippen LogP contribution in [-0.2, 0) is 9.53 Å². The zero-order valence-electron chi connectivity index (χ0n) is 17.6. The smallest absolute Gasteiger partial charge is 0.271 e. The van der Waals surface area contributed by atoms with Crippen molar-refractivity contribution in [3.05, 3.63) is 33.3 Å². The molecule has 9 nitrogen and oxygen atoms in total. The van der Waals surface area contributed by atoms with Crippen LogP contribution in [0.4, 0.5) is 11.4 Å². The Balaban J connectivity index is 1.49. The van der Waals surface area contributed by atoms with Gasteiger partial charge >= 0.3 is 0 Å². The number of nitro groups is 1. The number of amides is 1. The second-order valence-corrected chi connectivity index (χ2v) is 8.22. The average Bonchev–Trinajstić information content (AvgIpc) is 2.75. The van der Waals surface area contributed by atoms with Crippen LogP contribution in [0.2, 0.25) is 5.02 Å². The third-order valence-corrected chi connectivity index (χ3v) is 6.21. The maximum Gasteiger partial charge on any atom is 0.271 e. The summed E-state index contributed by atoms with van der Waals surface area (Å²) in [5.74, 6) is -0.222. The van der Waals surface area contributed by atoms with Crippen molar-refractivity contribution in [2.75, 3.05) is 64.3 Å². The van der Waals surface area contributed by atoms with Crippen molar-refractivity contribution in [3.8, 4) is 0 Å². The normalized spacial score (nSPS) is 22.6. The first kappa shape index (κ1) is 22.9. The molecular weight excluding hydrogens is 410 g/mol. The van der Waals surface area contributed by atoms with E-state index in [0.717, 1.165) is 59.0 Å². The molecule has 2 fully saturated rings. The van der Waals surface area contributed by atoms with E-state index in [0.29, 0.717) is 0 Å². The molecule has 30 heavy (non-hydrogen) atoms. The second kappa shape index (κ2) is 10.5. The molecule has 1 aromatic carbocycles. The minimum absolute atomic E-state index is 0.109. The van der Waals surface area contributed by atoms with Crippen molar-refractivity contribution >= 4 is 28.9 Å². The van der Waals surface area contributed by atoms with Crippen LogP contribution in [0.15, 0.2) is 18.2 Å². The maximum atomic E-state index is 12.7. The summed E-state index contributed by atoms with van der Waals surface area (Å²) in [6.07, 6.45) is 0.238. The molecule has 1 aromatic rings. The van der Waals surface area contributed by atoms with Gasteiger partial charge in [0.2, 0.25) is 5.91 Å². The predicted octanol–water partition coefficient (Wildman–Crippen LogP) is 1.91. The maximum absolute atomic E-state index is 12.7. The Morgan fingerprint density at radius 1 is 1.30 bits per heavy atom. The summed E-state index contributed by atoms with van der Waals surface area (Å²) in [5.41, 5.74) is 0.152. The van der Waals surface area contributed by atoms with Crippen molar-refractivity contribution in [2.24, 2.45) is 0 Å². The monoisotopic (exact) mass is 439 g/mol. The number of carbonyl (C=O) groups is 1. The van der Waals surface area contributed by atoms with E-state index in [4.69, 9.17) is 16.3 Å². The van der Waals surface area contributed by atoms with Crippen LogP contribution in [0.25, 0.3) is 0 Å². The molecule has 1 amide bonds. The summed E-state index contributed by atoms with van der Waals surface area (Å²) in [4.78, 5) is 30.1. The van der Waals surface area contributed by atoms with E-state index in [1.165, 1.54) is 18.2 Å². The molecule has 1 N–H and O–H groups in total. The van der Waals surface area contributed by atoms with E-state index < -0.39 is 4.92 Å². The molecule has 2 atom stereocenters. The van der Waals surface area contributed by atoms with E-state index in [1.807, 2.05) is 6.92 Å². The zero-order chi connectivity index (χ0) is 21.7. The number of hydrogen-bond acceptors (Lipinski definition) is 7. The summed E-state index contributed by atoms with van der Waals surface area (Å²) >= 11 is 6.10. The Morgan fingerprint density at radius 3 is 2.70 bits per heavy atom. The largest absolute Gasteiger partial charge is 0.374 e. The Hall–Kier alpha value is -1.78. The number of nitro benzene ring substituents is 1. The summed E-state index contributed by atoms with van der Waals surface area (Å²) < 4.78 is 5.91. The molecule has 0 aromatic heterocycles. The highest BCUT2D eigenvalue weighted by Gasteiger charge is 2.28. The van der Waals surface area contributed by atoms with Crippen LogP contribution in [0.5, 0.6) is 0 Å². The van der Waals surface area contributed by atoms with Crippen LogP contribution in [0.3, 0.4) is 0 Å². The van der Waals surface area contributed by atoms with Crippen molar-refractivity contribution < 1.29 is 14.5 Å². The number of halogens is 1. The van der Waals surface area contributed by atoms with E-state index >= 15 is 0 Å². The number of nitrogens with zero attached hydrogens (tertiary/aromatic N) is 4. The Bertz CT molecular complexity index is 757. The number of ether oxygens (including phenoxy) is 1. The van der Waals surface area contributed by atoms with Gasteiger partial charge < -0.3 is 10.1 Å². The molecular formula is C20H30ClN5O4. The first-order valence-electron chi connectivity index (χ1n) is 10.4. The molecule has 0 bridgehead atoms. The van der Waals surface area contributed by atoms with Crippen molar-refractivity contribution in [3.63, 3.8) is 0 Å². The van der Waals surface area contributed by atoms with Crippen LogP contribution in [-0.4, -0.2) is 96.6 Å². The summed E-state index contributed by atoms with van der Waals surface area (Å²) in [6, 6.07) is 3.67. The summed E-state index contributed by atoms with van der Waals surface area (Å²) in [7, 11) is 0. The van der Waals surface area contributed by atoms with Gasteiger partial charge in [-0.1, -0.05) is 18.5 Å². The number of non-ortho nitro benzene ring substituents is 1. The number of hydrogen-bond donors (Lipinski definition) is 1. The van der Waals surface area contributed by atoms with Crippen LogP contribution in [0.1, 0.15) is 13.8 Å². The molecule has 2 heterocycles. The van der Waals surface area contributed by atoms with Gasteiger partial charge in [-0.05, 0) is 19.5 Å². The van der Waals surface area contributed by atoms with Crippen LogP contribution < -0.4 is 5.32 Å². The minimum Gasteiger partial charge on any atom is -0.374 e. The highest BCUT2D eigenvalue weighted by molar-refractivity contribution is 6.33. The number of likely N-dealkylation sites (N-methyl/N-ethyl adjacent to an activating group) is 1. The van der Waals surface area contributed by atoms with Gasteiger partial charge in [0.1, 0.15) is 0 Å². The van der Waals surface area contributed by atoms with E-state index in [2.05, 4.69) is 26.9 Å². The SMILES string of the molecule is CCN1CCOC(CN2CCN(C(C)C(=O)Nc3cc([N+](=O)[O-])ccc3Cl)CC2)C1. The van der Waals surface area contributed by atoms with Gasteiger partial charge in [-0.3, -0.25) is 29.6 Å². The Morgan fingerprint density at radius 2 is 2.03 bits per heavy atom. The lowest BCUT2D eigenvalue weighted by Crippen LogP contribution is -2.55. The molecule has 3 rings (SSSR count). The topological polar surface area (TPSA) is 91.2 Å². The molecule has 0 spiro atoms. The molecule has 0 aliphatic carbocycles. The van der Waals surface area contributed by atoms with Gasteiger partial charge in [0.15, 0.2) is 0 Å². The lowest BCUT2D eigenvalue weighted by molar-refractivity contribution is -0.384. The van der Waals surface area contributed by atoms with Gasteiger partial charge in [-0.15, -0.1) is 0 Å². The van der Waals surface area contributed by atoms with Crippen LogP contribution in [0, 0.1) is 10.1 Å². The quantitative estimate of drug-likeness (QED) is 0.512. The molecule has 2 saturated heterocycles. The van der Waals surface area contributed by atoms with Gasteiger partial charge in [-0.25, -0.2) is 0 Å². The Kier molecular flexibility index (Phi) is 8.01. The molecule has 166 valence electrons. The number of rotatable bonds is 7. The fourth-order valence-corrected chi connectivity index (χ4v) is 4.09. The Labute approximate surface area is 182 Å². The number of piperazine rings is 1. The van der Waals surface area contributed by atoms with E-state index in [-0.39, 0.29) is 34.5 Å². The van der Waals surface area contributed by atoms with Crippen molar-refractivity contribution in [2.45, 2.75) is 26.0 Å². The van der Waals surface area contributed by atoms with Gasteiger partial charge in [0.05, 0.1) is 34.4 Å². The molecule has 0 radical (unpaired) electrons. The first-order valence-corrected chi connectivity index (χ1v) is 10.8. The molecule has 10 heteroatoms. The van der Waals surface area contributed by atoms with E-state index in [1.54, 1.807) is 0 Å². The third-order valence-electron chi connectivity index (χ3n) is 5.88. The average molecular weight is 440 g/mol. The number of carbonyl (C=O) groups excluding carboxylic acids is 1. The standard InChI is InChI=1S/C20H30ClN5O4/c1-3-23-10-11-30-17(13-23)14-24-6-8-25(9-7-24)15(2)20(27)22-19-12-16(26(28)29)4-5-18(19)21/h4-5,12,15,17H,3,6-11,13-14H2,1-2H3,(H,22,27). The minimum atomic E-state index is -0.510. The van der Waals surface area contributed by atoms with Gasteiger partial charge in [-0.2, -0.15) is 0 Å². The van der Waals surface area contributed by atoms with Gasteiger partial charge in [0, 0.05) is 57.9 Å². The molecule has 0 saturated carbocycles. The highest BCUT2D eigenvalue weighted by atomic mass is 35.5. The van der Waals surface area contributed by atoms with Crippen molar-refractivity contribution in [1.29, 1.82) is 0 Å². The third kappa shape index (κ3) is 5.89. The van der Waals surface area contributed by atoms with Crippen LogP contribution >= 0.6 is 11.6 Å². The lowest BCUT2D eigenvalue weighted by atomic mass is 10.2. The van der Waals surface area contributed by atoms with Crippen molar-refractivity contribution in [1.82, 2.24) is 14.7 Å². The van der Waals surface area contributed by atoms with Gasteiger partial charge in [0.25, 0.3) is 5.69 Å². The summed E-state index contributed by atoms with van der Waals surface area (Å²) in [6.45, 7) is 12.1. The fourth-order valence-electron chi connectivity index (χ4n) is 3.92. The lowest BCUT2D eigenvalue weighted by Gasteiger charge is -2.40. The zero-order valence-corrected chi connectivity index (χ0v) is 18.3. The number of morpholine rings is 1. The number of nitrogens with one attached hydrogen (secondary N) is 1. The number of anilines is 1. The number of benzene rings is 1. The highest BCUT2D eigenvalue weighted by Crippen LogP contribution is 2.27. The predicted molar refractivity (Wildman–Crippen MR) is 116 cm³/mol. The summed E-state index contributed by atoms with van der Waals surface area (Å²) in [5, 5.41) is 14.0. The molecule has 2 unspecified atom stereocenters. The second-order valence-electron chi connectivity index (χ2n) is 7.81. The first-order chi connectivity index (χ1) is 14.4. The molecule has 2 aliphatic heterocycles. The molecule has 2 aliphatic rings. The van der Waals surface area contributed by atoms with E-state index in [9.17, 15) is 14.9 Å².